The van der Waals surface area contributed by atoms with Crippen LogP contribution in [0.5, 0.6) is 0 Å². The lowest BCUT2D eigenvalue weighted by Gasteiger charge is -2.21. The van der Waals surface area contributed by atoms with Crippen LogP contribution in [-0.2, 0) is 19.4 Å². The molecule has 6 nitrogen and oxygen atoms in total. The third kappa shape index (κ3) is 4.90. The standard InChI is InChI=1S/C22H30N6S/c1-16(2)29-22-25-21-24-19-12-8-7-11-18(19)20(28(21)26-22)23-13-14-27(3)15-17-9-5-4-6-10-17/h4-6,9-10,16,23H,7-8,11-15H2,1-3H3. The highest BCUT2D eigenvalue weighted by atomic mass is 32.2. The third-order valence-corrected chi connectivity index (χ3v) is 6.02. The first-order chi connectivity index (χ1) is 14.1. The summed E-state index contributed by atoms with van der Waals surface area (Å²) in [7, 11) is 2.17. The van der Waals surface area contributed by atoms with E-state index in [1.165, 1.54) is 29.7 Å². The highest BCUT2D eigenvalue weighted by Crippen LogP contribution is 2.29. The van der Waals surface area contributed by atoms with Gasteiger partial charge in [-0.05, 0) is 38.3 Å². The van der Waals surface area contributed by atoms with E-state index < -0.39 is 0 Å². The molecule has 29 heavy (non-hydrogen) atoms. The van der Waals surface area contributed by atoms with Gasteiger partial charge in [-0.2, -0.15) is 9.50 Å². The molecule has 3 aromatic rings. The largest absolute Gasteiger partial charge is 0.368 e. The monoisotopic (exact) mass is 410 g/mol. The summed E-state index contributed by atoms with van der Waals surface area (Å²) >= 11 is 1.69. The summed E-state index contributed by atoms with van der Waals surface area (Å²) in [6.45, 7) is 7.09. The molecule has 154 valence electrons. The van der Waals surface area contributed by atoms with Crippen LogP contribution in [0.3, 0.4) is 0 Å². The molecule has 7 heteroatoms. The van der Waals surface area contributed by atoms with E-state index in [1.54, 1.807) is 11.8 Å². The van der Waals surface area contributed by atoms with Crippen LogP contribution in [0.2, 0.25) is 0 Å². The molecule has 4 rings (SSSR count). The van der Waals surface area contributed by atoms with E-state index in [2.05, 4.69) is 66.4 Å². The van der Waals surface area contributed by atoms with Crippen molar-refractivity contribution >= 4 is 23.4 Å². The minimum atomic E-state index is 0.449. The van der Waals surface area contributed by atoms with E-state index in [9.17, 15) is 0 Å². The Morgan fingerprint density at radius 3 is 2.72 bits per heavy atom. The number of anilines is 1. The predicted octanol–water partition coefficient (Wildman–Crippen LogP) is 4.05. The van der Waals surface area contributed by atoms with Gasteiger partial charge in [0.05, 0.1) is 5.69 Å². The van der Waals surface area contributed by atoms with Crippen LogP contribution in [0, 0.1) is 0 Å². The molecule has 1 aliphatic rings. The fraction of sp³-hybridized carbons (Fsp3) is 0.500. The molecule has 2 aromatic heterocycles. The second-order valence-electron chi connectivity index (χ2n) is 8.02. The Morgan fingerprint density at radius 1 is 1.14 bits per heavy atom. The normalized spacial score (nSPS) is 14.0. The van der Waals surface area contributed by atoms with Gasteiger partial charge in [0.15, 0.2) is 0 Å². The molecule has 1 aromatic carbocycles. The third-order valence-electron chi connectivity index (χ3n) is 5.16. The molecular formula is C22H30N6S. The second kappa shape index (κ2) is 9.13. The van der Waals surface area contributed by atoms with Gasteiger partial charge in [0, 0.05) is 30.4 Å². The van der Waals surface area contributed by atoms with Crippen LogP contribution in [-0.4, -0.2) is 49.9 Å². The number of aryl methyl sites for hydroxylation is 1. The van der Waals surface area contributed by atoms with Gasteiger partial charge in [-0.3, -0.25) is 0 Å². The van der Waals surface area contributed by atoms with Gasteiger partial charge < -0.3 is 10.2 Å². The zero-order chi connectivity index (χ0) is 20.2. The number of benzene rings is 1. The number of fused-ring (bicyclic) bond motifs is 2. The topological polar surface area (TPSA) is 58.4 Å². The molecule has 2 heterocycles. The number of likely N-dealkylation sites (N-methyl/N-ethyl adjacent to an activating group) is 1. The SMILES string of the molecule is CC(C)Sc1nc2nc3c(c(NCCN(C)Cc4ccccc4)n2n1)CCCC3. The lowest BCUT2D eigenvalue weighted by atomic mass is 9.96. The van der Waals surface area contributed by atoms with Gasteiger partial charge in [0.2, 0.25) is 5.16 Å². The average Bonchev–Trinajstić information content (AvgIpc) is 3.09. The Kier molecular flexibility index (Phi) is 6.35. The molecule has 0 amide bonds. The van der Waals surface area contributed by atoms with Crippen molar-refractivity contribution in [2.45, 2.75) is 56.5 Å². The van der Waals surface area contributed by atoms with Crippen molar-refractivity contribution in [3.63, 3.8) is 0 Å². The van der Waals surface area contributed by atoms with Crippen LogP contribution in [0.15, 0.2) is 35.5 Å². The van der Waals surface area contributed by atoms with E-state index in [0.717, 1.165) is 43.5 Å². The number of hydrogen-bond acceptors (Lipinski definition) is 6. The van der Waals surface area contributed by atoms with Gasteiger partial charge >= 0.3 is 0 Å². The van der Waals surface area contributed by atoms with Crippen molar-refractivity contribution < 1.29 is 0 Å². The van der Waals surface area contributed by atoms with Crippen LogP contribution >= 0.6 is 11.8 Å². The van der Waals surface area contributed by atoms with Crippen molar-refractivity contribution in [1.82, 2.24) is 24.5 Å². The Morgan fingerprint density at radius 2 is 1.93 bits per heavy atom. The molecular weight excluding hydrogens is 380 g/mol. The molecule has 0 saturated carbocycles. The lowest BCUT2D eigenvalue weighted by Crippen LogP contribution is -2.26. The summed E-state index contributed by atoms with van der Waals surface area (Å²) < 4.78 is 1.92. The molecule has 0 fully saturated rings. The van der Waals surface area contributed by atoms with E-state index in [0.29, 0.717) is 11.0 Å². The van der Waals surface area contributed by atoms with Crippen molar-refractivity contribution in [1.29, 1.82) is 0 Å². The maximum absolute atomic E-state index is 4.83. The zero-order valence-electron chi connectivity index (χ0n) is 17.6. The van der Waals surface area contributed by atoms with Crippen LogP contribution in [0.1, 0.15) is 43.5 Å². The van der Waals surface area contributed by atoms with Crippen molar-refractivity contribution in [3.8, 4) is 0 Å². The fourth-order valence-electron chi connectivity index (χ4n) is 3.81. The second-order valence-corrected chi connectivity index (χ2v) is 9.56. The summed E-state index contributed by atoms with van der Waals surface area (Å²) in [6, 6.07) is 10.6. The minimum absolute atomic E-state index is 0.449. The minimum Gasteiger partial charge on any atom is -0.368 e. The summed E-state index contributed by atoms with van der Waals surface area (Å²) in [5, 5.41) is 9.68. The van der Waals surface area contributed by atoms with Gasteiger partial charge in [0.25, 0.3) is 5.78 Å². The van der Waals surface area contributed by atoms with Crippen LogP contribution in [0.4, 0.5) is 5.82 Å². The zero-order valence-corrected chi connectivity index (χ0v) is 18.4. The van der Waals surface area contributed by atoms with E-state index in [4.69, 9.17) is 10.1 Å². The molecule has 0 bridgehead atoms. The van der Waals surface area contributed by atoms with Crippen LogP contribution in [0.25, 0.3) is 5.78 Å². The maximum atomic E-state index is 4.83. The number of thioether (sulfide) groups is 1. The first kappa shape index (κ1) is 20.2. The molecule has 1 N–H and O–H groups in total. The lowest BCUT2D eigenvalue weighted by molar-refractivity contribution is 0.339. The molecule has 0 spiro atoms. The Hall–Kier alpha value is -2.12. The summed E-state index contributed by atoms with van der Waals surface area (Å²) in [5.41, 5.74) is 3.85. The summed E-state index contributed by atoms with van der Waals surface area (Å²) in [5.74, 6) is 1.80. The number of aromatic nitrogens is 4. The predicted molar refractivity (Wildman–Crippen MR) is 120 cm³/mol. The van der Waals surface area contributed by atoms with Crippen LogP contribution < -0.4 is 5.32 Å². The van der Waals surface area contributed by atoms with Gasteiger partial charge in [-0.15, -0.1) is 5.10 Å². The maximum Gasteiger partial charge on any atom is 0.255 e. The molecule has 0 radical (unpaired) electrons. The van der Waals surface area contributed by atoms with E-state index in [-0.39, 0.29) is 0 Å². The number of hydrogen-bond donors (Lipinski definition) is 1. The van der Waals surface area contributed by atoms with Gasteiger partial charge in [-0.1, -0.05) is 55.9 Å². The fourth-order valence-corrected chi connectivity index (χ4v) is 4.49. The number of nitrogens with zero attached hydrogens (tertiary/aromatic N) is 5. The van der Waals surface area contributed by atoms with Gasteiger partial charge in [-0.25, -0.2) is 4.98 Å². The number of nitrogens with one attached hydrogen (secondary N) is 1. The molecule has 0 unspecified atom stereocenters. The van der Waals surface area contributed by atoms with Crippen molar-refractivity contribution in [2.75, 3.05) is 25.5 Å². The summed E-state index contributed by atoms with van der Waals surface area (Å²) in [6.07, 6.45) is 4.52. The Bertz CT molecular complexity index is 953. The number of rotatable bonds is 8. The van der Waals surface area contributed by atoms with E-state index >= 15 is 0 Å². The molecule has 0 aliphatic heterocycles. The molecule has 1 aliphatic carbocycles. The highest BCUT2D eigenvalue weighted by molar-refractivity contribution is 7.99. The smallest absolute Gasteiger partial charge is 0.255 e. The first-order valence-corrected chi connectivity index (χ1v) is 11.4. The molecule has 0 atom stereocenters. The average molecular weight is 411 g/mol. The first-order valence-electron chi connectivity index (χ1n) is 10.5. The Balaban J connectivity index is 1.51. The van der Waals surface area contributed by atoms with E-state index in [1.807, 2.05) is 4.52 Å². The Labute approximate surface area is 177 Å². The van der Waals surface area contributed by atoms with Gasteiger partial charge in [0.1, 0.15) is 5.82 Å². The quantitative estimate of drug-likeness (QED) is 0.566. The molecule has 0 saturated heterocycles. The summed E-state index contributed by atoms with van der Waals surface area (Å²) in [4.78, 5) is 11.8. The highest BCUT2D eigenvalue weighted by Gasteiger charge is 2.21. The van der Waals surface area contributed by atoms with Crippen molar-refractivity contribution in [3.05, 3.63) is 47.2 Å². The van der Waals surface area contributed by atoms with Crippen molar-refractivity contribution in [2.24, 2.45) is 0 Å².